The van der Waals surface area contributed by atoms with Gasteiger partial charge in [-0.05, 0) is 62.2 Å². The van der Waals surface area contributed by atoms with Crippen molar-refractivity contribution >= 4 is 50.7 Å². The van der Waals surface area contributed by atoms with E-state index in [0.29, 0.717) is 27.8 Å². The molecule has 0 spiro atoms. The first-order valence-corrected chi connectivity index (χ1v) is 15.5. The molecule has 2 amide bonds. The van der Waals surface area contributed by atoms with Crippen LogP contribution in [0, 0.1) is 0 Å². The molecule has 9 nitrogen and oxygen atoms in total. The van der Waals surface area contributed by atoms with Crippen molar-refractivity contribution in [3.63, 3.8) is 0 Å². The van der Waals surface area contributed by atoms with Crippen LogP contribution >= 0.6 is 23.2 Å². The molecule has 0 aliphatic heterocycles. The molecule has 3 aromatic rings. The van der Waals surface area contributed by atoms with E-state index in [-0.39, 0.29) is 34.8 Å². The van der Waals surface area contributed by atoms with Crippen LogP contribution in [0.15, 0.2) is 71.6 Å². The molecule has 0 aliphatic rings. The highest BCUT2D eigenvalue weighted by atomic mass is 35.5. The van der Waals surface area contributed by atoms with E-state index in [1.165, 1.54) is 37.3 Å². The maximum atomic E-state index is 14.1. The average molecular weight is 637 g/mol. The van der Waals surface area contributed by atoms with E-state index < -0.39 is 28.5 Å². The molecule has 0 unspecified atom stereocenters. The number of benzene rings is 3. The standard InChI is InChI=1S/C30H35Cl2N3O6S/c1-6-26(30(37)33-20(2)3)34(18-21-12-14-24(31)25(32)16-21)29(36)19-35(22-10-8-7-9-11-22)42(38,39)23-13-15-27(40-4)28(17-23)41-5/h7-17,20,26H,6,18-19H2,1-5H3,(H,33,37)/t26-/m0/s1. The number of sulfonamides is 1. The number of hydrogen-bond acceptors (Lipinski definition) is 6. The lowest BCUT2D eigenvalue weighted by molar-refractivity contribution is -0.140. The lowest BCUT2D eigenvalue weighted by Crippen LogP contribution is -2.53. The number of anilines is 1. The van der Waals surface area contributed by atoms with Gasteiger partial charge in [0.05, 0.1) is 34.8 Å². The van der Waals surface area contributed by atoms with E-state index in [0.717, 1.165) is 4.31 Å². The van der Waals surface area contributed by atoms with Crippen molar-refractivity contribution < 1.29 is 27.5 Å². The summed E-state index contributed by atoms with van der Waals surface area (Å²) in [6.07, 6.45) is 0.291. The van der Waals surface area contributed by atoms with Gasteiger partial charge in [-0.2, -0.15) is 0 Å². The highest BCUT2D eigenvalue weighted by Gasteiger charge is 2.34. The molecule has 226 valence electrons. The Balaban J connectivity index is 2.09. The molecule has 0 radical (unpaired) electrons. The second-order valence-electron chi connectivity index (χ2n) is 9.72. The molecule has 42 heavy (non-hydrogen) atoms. The number of rotatable bonds is 13. The maximum Gasteiger partial charge on any atom is 0.264 e. The number of para-hydroxylation sites is 1. The topological polar surface area (TPSA) is 105 Å². The molecule has 3 aromatic carbocycles. The zero-order chi connectivity index (χ0) is 31.0. The van der Waals surface area contributed by atoms with Crippen molar-refractivity contribution in [2.75, 3.05) is 25.1 Å². The molecule has 0 fully saturated rings. The average Bonchev–Trinajstić information content (AvgIpc) is 2.97. The number of carbonyl (C=O) groups is 2. The summed E-state index contributed by atoms with van der Waals surface area (Å²) in [5.74, 6) is -0.362. The van der Waals surface area contributed by atoms with Crippen LogP contribution in [0.1, 0.15) is 32.8 Å². The number of nitrogens with zero attached hydrogens (tertiary/aromatic N) is 2. The van der Waals surface area contributed by atoms with Gasteiger partial charge in [0.2, 0.25) is 11.8 Å². The van der Waals surface area contributed by atoms with Crippen LogP contribution in [0.5, 0.6) is 11.5 Å². The summed E-state index contributed by atoms with van der Waals surface area (Å²) in [5.41, 5.74) is 0.900. The highest BCUT2D eigenvalue weighted by molar-refractivity contribution is 7.92. The third kappa shape index (κ3) is 7.87. The molecule has 12 heteroatoms. The molecule has 1 N–H and O–H groups in total. The number of methoxy groups -OCH3 is 2. The van der Waals surface area contributed by atoms with E-state index in [1.807, 2.05) is 13.8 Å². The third-order valence-corrected chi connectivity index (χ3v) is 8.93. The zero-order valence-electron chi connectivity index (χ0n) is 24.1. The van der Waals surface area contributed by atoms with Gasteiger partial charge in [0.1, 0.15) is 12.6 Å². The third-order valence-electron chi connectivity index (χ3n) is 6.42. The van der Waals surface area contributed by atoms with Crippen LogP contribution in [-0.2, 0) is 26.2 Å². The molecule has 0 aliphatic carbocycles. The Kier molecular flexibility index (Phi) is 11.5. The fraction of sp³-hybridized carbons (Fsp3) is 0.333. The number of carbonyl (C=O) groups excluding carboxylic acids is 2. The molecular formula is C30H35Cl2N3O6S. The maximum absolute atomic E-state index is 14.1. The Morgan fingerprint density at radius 2 is 1.57 bits per heavy atom. The minimum Gasteiger partial charge on any atom is -0.493 e. The summed E-state index contributed by atoms with van der Waals surface area (Å²) >= 11 is 12.3. The van der Waals surface area contributed by atoms with Crippen LogP contribution in [0.4, 0.5) is 5.69 Å². The predicted octanol–water partition coefficient (Wildman–Crippen LogP) is 5.54. The Bertz CT molecular complexity index is 1500. The SMILES string of the molecule is CC[C@@H](C(=O)NC(C)C)N(Cc1ccc(Cl)c(Cl)c1)C(=O)CN(c1ccccc1)S(=O)(=O)c1ccc(OC)c(OC)c1. The zero-order valence-corrected chi connectivity index (χ0v) is 26.5. The Hall–Kier alpha value is -3.47. The van der Waals surface area contributed by atoms with Gasteiger partial charge in [-0.1, -0.05) is 54.4 Å². The van der Waals surface area contributed by atoms with E-state index in [1.54, 1.807) is 55.5 Å². The second kappa shape index (κ2) is 14.6. The minimum atomic E-state index is -4.29. The molecule has 0 bridgehead atoms. The van der Waals surface area contributed by atoms with Gasteiger partial charge in [0, 0.05) is 18.7 Å². The van der Waals surface area contributed by atoms with E-state index >= 15 is 0 Å². The number of ether oxygens (including phenoxy) is 2. The molecule has 0 saturated carbocycles. The van der Waals surface area contributed by atoms with Crippen LogP contribution in [0.2, 0.25) is 10.0 Å². The highest BCUT2D eigenvalue weighted by Crippen LogP contribution is 2.32. The molecule has 1 atom stereocenters. The van der Waals surface area contributed by atoms with Gasteiger partial charge < -0.3 is 19.7 Å². The van der Waals surface area contributed by atoms with E-state index in [9.17, 15) is 18.0 Å². The lowest BCUT2D eigenvalue weighted by Gasteiger charge is -2.33. The summed E-state index contributed by atoms with van der Waals surface area (Å²) in [6, 6.07) is 16.4. The first-order chi connectivity index (χ1) is 19.9. The van der Waals surface area contributed by atoms with Crippen LogP contribution in [0.25, 0.3) is 0 Å². The smallest absolute Gasteiger partial charge is 0.264 e. The summed E-state index contributed by atoms with van der Waals surface area (Å²) in [5, 5.41) is 3.50. The van der Waals surface area contributed by atoms with Gasteiger partial charge >= 0.3 is 0 Å². The minimum absolute atomic E-state index is 0.00121. The number of halogens is 2. The number of amides is 2. The molecule has 0 aromatic heterocycles. The second-order valence-corrected chi connectivity index (χ2v) is 12.4. The summed E-state index contributed by atoms with van der Waals surface area (Å²) in [7, 11) is -1.44. The van der Waals surface area contributed by atoms with Crippen molar-refractivity contribution in [1.29, 1.82) is 0 Å². The fourth-order valence-electron chi connectivity index (χ4n) is 4.36. The van der Waals surface area contributed by atoms with Gasteiger partial charge in [-0.15, -0.1) is 0 Å². The van der Waals surface area contributed by atoms with Crippen LogP contribution in [0.3, 0.4) is 0 Å². The van der Waals surface area contributed by atoms with Crippen LogP contribution < -0.4 is 19.1 Å². The quantitative estimate of drug-likeness (QED) is 0.264. The monoisotopic (exact) mass is 635 g/mol. The number of hydrogen-bond donors (Lipinski definition) is 1. The fourth-order valence-corrected chi connectivity index (χ4v) is 6.11. The predicted molar refractivity (Wildman–Crippen MR) is 165 cm³/mol. The van der Waals surface area contributed by atoms with E-state index in [2.05, 4.69) is 5.32 Å². The van der Waals surface area contributed by atoms with E-state index in [4.69, 9.17) is 32.7 Å². The van der Waals surface area contributed by atoms with Crippen molar-refractivity contribution in [2.24, 2.45) is 0 Å². The lowest BCUT2D eigenvalue weighted by atomic mass is 10.1. The molecular weight excluding hydrogens is 601 g/mol. The molecule has 3 rings (SSSR count). The van der Waals surface area contributed by atoms with Crippen LogP contribution in [-0.4, -0.2) is 58.0 Å². The molecule has 0 heterocycles. The normalized spacial score (nSPS) is 12.0. The van der Waals surface area contributed by atoms with Crippen molar-refractivity contribution in [1.82, 2.24) is 10.2 Å². The largest absolute Gasteiger partial charge is 0.493 e. The van der Waals surface area contributed by atoms with Gasteiger partial charge in [-0.25, -0.2) is 8.42 Å². The summed E-state index contributed by atoms with van der Waals surface area (Å²) in [4.78, 5) is 28.6. The summed E-state index contributed by atoms with van der Waals surface area (Å²) in [6.45, 7) is 4.85. The Morgan fingerprint density at radius 3 is 2.14 bits per heavy atom. The Labute approximate surface area is 257 Å². The van der Waals surface area contributed by atoms with Gasteiger partial charge in [-0.3, -0.25) is 13.9 Å². The first kappa shape index (κ1) is 33.0. The van der Waals surface area contributed by atoms with Crippen molar-refractivity contribution in [2.45, 2.75) is 50.7 Å². The number of nitrogens with one attached hydrogen (secondary N) is 1. The first-order valence-electron chi connectivity index (χ1n) is 13.3. The summed E-state index contributed by atoms with van der Waals surface area (Å²) < 4.78 is 39.7. The van der Waals surface area contributed by atoms with Crippen molar-refractivity contribution in [3.8, 4) is 11.5 Å². The van der Waals surface area contributed by atoms with Crippen molar-refractivity contribution in [3.05, 3.63) is 82.3 Å². The Morgan fingerprint density at radius 1 is 0.905 bits per heavy atom. The van der Waals surface area contributed by atoms with Gasteiger partial charge in [0.15, 0.2) is 11.5 Å². The molecule has 0 saturated heterocycles. The van der Waals surface area contributed by atoms with Gasteiger partial charge in [0.25, 0.3) is 10.0 Å².